The van der Waals surface area contributed by atoms with Gasteiger partial charge in [0, 0.05) is 7.05 Å². The largest absolute Gasteiger partial charge is 0.513 e. The van der Waals surface area contributed by atoms with Gasteiger partial charge in [-0.15, -0.1) is 0 Å². The third-order valence-corrected chi connectivity index (χ3v) is 2.03. The number of ether oxygens (including phenoxy) is 1. The van der Waals surface area contributed by atoms with Crippen molar-refractivity contribution in [2.45, 2.75) is 39.5 Å². The Morgan fingerprint density at radius 1 is 1.39 bits per heavy atom. The minimum absolute atomic E-state index is 0.335. The molecule has 104 valence electrons. The molecule has 0 fully saturated rings. The quantitative estimate of drug-likeness (QED) is 0.400. The number of hydrogen-bond acceptors (Lipinski definition) is 5. The minimum atomic E-state index is -1.29. The summed E-state index contributed by atoms with van der Waals surface area (Å²) < 4.78 is 5.03. The van der Waals surface area contributed by atoms with E-state index in [0.29, 0.717) is 6.26 Å². The molecule has 18 heavy (non-hydrogen) atoms. The zero-order valence-corrected chi connectivity index (χ0v) is 11.2. The molecule has 7 nitrogen and oxygen atoms in total. The van der Waals surface area contributed by atoms with Gasteiger partial charge in [0.1, 0.15) is 18.0 Å². The van der Waals surface area contributed by atoms with E-state index in [-0.39, 0.29) is 5.70 Å². The lowest BCUT2D eigenvalue weighted by molar-refractivity contribution is -0.134. The zero-order valence-electron chi connectivity index (χ0n) is 11.2. The molecular formula is C11H20N2O5. The number of aliphatic carboxylic acids is 1. The van der Waals surface area contributed by atoms with Crippen LogP contribution in [0.15, 0.2) is 12.0 Å². The van der Waals surface area contributed by atoms with E-state index < -0.39 is 23.8 Å². The molecule has 0 aromatic heterocycles. The number of nitrogens with zero attached hydrogens (tertiary/aromatic N) is 1. The van der Waals surface area contributed by atoms with Crippen molar-refractivity contribution in [3.63, 3.8) is 0 Å². The lowest BCUT2D eigenvalue weighted by Gasteiger charge is -2.28. The fraction of sp³-hybridized carbons (Fsp3) is 0.636. The monoisotopic (exact) mass is 260 g/mol. The van der Waals surface area contributed by atoms with E-state index >= 15 is 0 Å². The molecule has 0 spiro atoms. The van der Waals surface area contributed by atoms with E-state index in [9.17, 15) is 9.59 Å². The summed E-state index contributed by atoms with van der Waals surface area (Å²) >= 11 is 0. The Balaban J connectivity index is 4.54. The van der Waals surface area contributed by atoms with Gasteiger partial charge in [0.05, 0.1) is 0 Å². The summed E-state index contributed by atoms with van der Waals surface area (Å²) in [5.74, 6) is -1.29. The third kappa shape index (κ3) is 5.42. The molecule has 1 atom stereocenters. The van der Waals surface area contributed by atoms with Gasteiger partial charge in [-0.25, -0.2) is 9.59 Å². The van der Waals surface area contributed by atoms with Crippen LogP contribution in [0.4, 0.5) is 4.79 Å². The second-order valence-electron chi connectivity index (χ2n) is 4.75. The summed E-state index contributed by atoms with van der Waals surface area (Å²) in [5.41, 5.74) is -0.969. The SMILES string of the molecule is CC(NC(=O)OC(C)(C)C)N(C)/C(=C\O)C(=O)O. The van der Waals surface area contributed by atoms with Crippen molar-refractivity contribution in [1.82, 2.24) is 10.2 Å². The van der Waals surface area contributed by atoms with Crippen LogP contribution in [0.3, 0.4) is 0 Å². The Morgan fingerprint density at radius 3 is 2.22 bits per heavy atom. The highest BCUT2D eigenvalue weighted by atomic mass is 16.6. The van der Waals surface area contributed by atoms with Crippen LogP contribution in [0.25, 0.3) is 0 Å². The number of aliphatic hydroxyl groups is 1. The first kappa shape index (κ1) is 16.1. The van der Waals surface area contributed by atoms with Gasteiger partial charge in [-0.1, -0.05) is 0 Å². The summed E-state index contributed by atoms with van der Waals surface area (Å²) in [5, 5.41) is 20.1. The number of rotatable bonds is 4. The fourth-order valence-corrected chi connectivity index (χ4v) is 1.08. The van der Waals surface area contributed by atoms with Crippen molar-refractivity contribution in [3.05, 3.63) is 12.0 Å². The molecule has 1 unspecified atom stereocenters. The molecule has 0 bridgehead atoms. The molecular weight excluding hydrogens is 240 g/mol. The van der Waals surface area contributed by atoms with Crippen molar-refractivity contribution < 1.29 is 24.5 Å². The van der Waals surface area contributed by atoms with Gasteiger partial charge in [0.15, 0.2) is 5.70 Å². The third-order valence-electron chi connectivity index (χ3n) is 2.03. The number of carboxylic acid groups (broad SMARTS) is 1. The second-order valence-corrected chi connectivity index (χ2v) is 4.75. The van der Waals surface area contributed by atoms with E-state index in [1.165, 1.54) is 11.9 Å². The molecule has 3 N–H and O–H groups in total. The molecule has 0 radical (unpaired) electrons. The van der Waals surface area contributed by atoms with Crippen molar-refractivity contribution in [2.75, 3.05) is 7.05 Å². The van der Waals surface area contributed by atoms with E-state index in [1.54, 1.807) is 27.7 Å². The number of carbonyl (C=O) groups excluding carboxylic acids is 1. The lowest BCUT2D eigenvalue weighted by atomic mass is 10.2. The molecule has 0 heterocycles. The molecule has 0 aliphatic heterocycles. The molecule has 7 heteroatoms. The van der Waals surface area contributed by atoms with Crippen LogP contribution in [-0.4, -0.2) is 46.0 Å². The average Bonchev–Trinajstić information content (AvgIpc) is 2.14. The van der Waals surface area contributed by atoms with Gasteiger partial charge in [-0.3, -0.25) is 0 Å². The van der Waals surface area contributed by atoms with Crippen LogP contribution in [0.1, 0.15) is 27.7 Å². The Morgan fingerprint density at radius 2 is 1.89 bits per heavy atom. The molecule has 0 aromatic carbocycles. The van der Waals surface area contributed by atoms with Crippen LogP contribution >= 0.6 is 0 Å². The first-order valence-corrected chi connectivity index (χ1v) is 5.38. The van der Waals surface area contributed by atoms with Crippen LogP contribution < -0.4 is 5.32 Å². The number of aliphatic hydroxyl groups excluding tert-OH is 1. The molecule has 0 aliphatic rings. The molecule has 0 aromatic rings. The van der Waals surface area contributed by atoms with Gasteiger partial charge in [0.2, 0.25) is 0 Å². The maximum Gasteiger partial charge on any atom is 0.409 e. The zero-order chi connectivity index (χ0) is 14.5. The maximum atomic E-state index is 11.5. The minimum Gasteiger partial charge on any atom is -0.513 e. The van der Waals surface area contributed by atoms with E-state index in [1.807, 2.05) is 0 Å². The molecule has 0 saturated carbocycles. The highest BCUT2D eigenvalue weighted by Gasteiger charge is 2.22. The van der Waals surface area contributed by atoms with Gasteiger partial charge in [-0.2, -0.15) is 0 Å². The van der Waals surface area contributed by atoms with E-state index in [2.05, 4.69) is 5.32 Å². The summed E-state index contributed by atoms with van der Waals surface area (Å²) in [6.07, 6.45) is -0.839. The van der Waals surface area contributed by atoms with Crippen LogP contribution in [-0.2, 0) is 9.53 Å². The topological polar surface area (TPSA) is 99.1 Å². The number of carbonyl (C=O) groups is 2. The van der Waals surface area contributed by atoms with Gasteiger partial charge < -0.3 is 25.2 Å². The summed E-state index contributed by atoms with van der Waals surface area (Å²) in [6.45, 7) is 6.72. The van der Waals surface area contributed by atoms with Crippen molar-refractivity contribution in [3.8, 4) is 0 Å². The number of likely N-dealkylation sites (N-methyl/N-ethyl adjacent to an activating group) is 1. The van der Waals surface area contributed by atoms with Crippen LogP contribution in [0, 0.1) is 0 Å². The molecule has 0 rings (SSSR count). The highest BCUT2D eigenvalue weighted by Crippen LogP contribution is 2.09. The second kappa shape index (κ2) is 6.13. The average molecular weight is 260 g/mol. The number of hydrogen-bond donors (Lipinski definition) is 3. The number of alkyl carbamates (subject to hydrolysis) is 1. The van der Waals surface area contributed by atoms with Gasteiger partial charge in [0.25, 0.3) is 0 Å². The standard InChI is InChI=1S/C11H20N2O5/c1-7(12-10(17)18-11(2,3)4)13(5)8(6-14)9(15)16/h6-7,14H,1-5H3,(H,12,17)(H,15,16)/b8-6-. The fourth-order valence-electron chi connectivity index (χ4n) is 1.08. The summed E-state index contributed by atoms with van der Waals surface area (Å²) in [6, 6.07) is 0. The molecule has 0 saturated heterocycles. The van der Waals surface area contributed by atoms with Crippen LogP contribution in [0.2, 0.25) is 0 Å². The Hall–Kier alpha value is -1.92. The van der Waals surface area contributed by atoms with Gasteiger partial charge in [-0.05, 0) is 27.7 Å². The highest BCUT2D eigenvalue weighted by molar-refractivity contribution is 5.85. The first-order valence-electron chi connectivity index (χ1n) is 5.38. The normalized spacial score (nSPS) is 13.7. The summed E-state index contributed by atoms with van der Waals surface area (Å²) in [4.78, 5) is 23.4. The smallest absolute Gasteiger partial charge is 0.409 e. The summed E-state index contributed by atoms with van der Waals surface area (Å²) in [7, 11) is 1.43. The molecule has 1 amide bonds. The Kier molecular flexibility index (Phi) is 5.48. The van der Waals surface area contributed by atoms with E-state index in [4.69, 9.17) is 14.9 Å². The number of amides is 1. The predicted octanol–water partition coefficient (Wildman–Crippen LogP) is 1.27. The predicted molar refractivity (Wildman–Crippen MR) is 64.9 cm³/mol. The van der Waals surface area contributed by atoms with Crippen molar-refractivity contribution >= 4 is 12.1 Å². The number of nitrogens with one attached hydrogen (secondary N) is 1. The Labute approximate surface area is 106 Å². The number of carboxylic acids is 1. The lowest BCUT2D eigenvalue weighted by Crippen LogP contribution is -2.46. The molecule has 0 aliphatic carbocycles. The van der Waals surface area contributed by atoms with Crippen molar-refractivity contribution in [2.24, 2.45) is 0 Å². The van der Waals surface area contributed by atoms with Crippen molar-refractivity contribution in [1.29, 1.82) is 0 Å². The van der Waals surface area contributed by atoms with E-state index in [0.717, 1.165) is 0 Å². The Bertz CT molecular complexity index is 346. The maximum absolute atomic E-state index is 11.5. The van der Waals surface area contributed by atoms with Crippen LogP contribution in [0.5, 0.6) is 0 Å². The van der Waals surface area contributed by atoms with Gasteiger partial charge >= 0.3 is 12.1 Å². The first-order chi connectivity index (χ1) is 8.08.